The van der Waals surface area contributed by atoms with Crippen LogP contribution in [0.2, 0.25) is 0 Å². The zero-order valence-corrected chi connectivity index (χ0v) is 12.0. The van der Waals surface area contributed by atoms with Crippen LogP contribution in [0.15, 0.2) is 22.6 Å². The Bertz CT molecular complexity index is 613. The first kappa shape index (κ1) is 14.4. The highest BCUT2D eigenvalue weighted by Gasteiger charge is 2.36. The number of carboxylic acids is 1. The SMILES string of the molecule is CCC(CC)(Cc1nc2ccc(OC)cc2o1)C(=O)O. The lowest BCUT2D eigenvalue weighted by molar-refractivity contribution is -0.149. The Kier molecular flexibility index (Phi) is 3.97. The van der Waals surface area contributed by atoms with Crippen LogP contribution in [0.3, 0.4) is 0 Å². The van der Waals surface area contributed by atoms with Crippen molar-refractivity contribution in [3.8, 4) is 5.75 Å². The number of nitrogens with zero attached hydrogens (tertiary/aromatic N) is 1. The fraction of sp³-hybridized carbons (Fsp3) is 0.467. The molecule has 1 N–H and O–H groups in total. The Morgan fingerprint density at radius 2 is 2.10 bits per heavy atom. The molecule has 5 nitrogen and oxygen atoms in total. The van der Waals surface area contributed by atoms with E-state index in [1.54, 1.807) is 19.2 Å². The summed E-state index contributed by atoms with van der Waals surface area (Å²) in [4.78, 5) is 15.9. The number of hydrogen-bond donors (Lipinski definition) is 1. The van der Waals surface area contributed by atoms with E-state index in [1.165, 1.54) is 0 Å². The van der Waals surface area contributed by atoms with Crippen molar-refractivity contribution in [1.82, 2.24) is 4.98 Å². The molecule has 2 aromatic rings. The minimum Gasteiger partial charge on any atom is -0.497 e. The van der Waals surface area contributed by atoms with E-state index in [0.29, 0.717) is 42.0 Å². The fourth-order valence-electron chi connectivity index (χ4n) is 2.32. The first-order valence-electron chi connectivity index (χ1n) is 6.71. The molecule has 0 aliphatic carbocycles. The van der Waals surface area contributed by atoms with Crippen molar-refractivity contribution in [2.24, 2.45) is 5.41 Å². The third-order valence-electron chi connectivity index (χ3n) is 3.94. The van der Waals surface area contributed by atoms with Gasteiger partial charge in [-0.05, 0) is 25.0 Å². The van der Waals surface area contributed by atoms with Crippen LogP contribution in [-0.4, -0.2) is 23.2 Å². The van der Waals surface area contributed by atoms with Gasteiger partial charge < -0.3 is 14.3 Å². The van der Waals surface area contributed by atoms with Gasteiger partial charge in [-0.2, -0.15) is 0 Å². The van der Waals surface area contributed by atoms with E-state index < -0.39 is 11.4 Å². The normalized spacial score (nSPS) is 11.8. The summed E-state index contributed by atoms with van der Waals surface area (Å²) in [5, 5.41) is 9.45. The van der Waals surface area contributed by atoms with Crippen molar-refractivity contribution in [1.29, 1.82) is 0 Å². The summed E-state index contributed by atoms with van der Waals surface area (Å²) in [6.07, 6.45) is 1.38. The van der Waals surface area contributed by atoms with Crippen molar-refractivity contribution in [2.45, 2.75) is 33.1 Å². The number of carbonyl (C=O) groups is 1. The van der Waals surface area contributed by atoms with Gasteiger partial charge in [0.1, 0.15) is 11.3 Å². The molecule has 0 aliphatic heterocycles. The van der Waals surface area contributed by atoms with E-state index >= 15 is 0 Å². The van der Waals surface area contributed by atoms with Crippen LogP contribution in [0.4, 0.5) is 0 Å². The molecule has 2 rings (SSSR count). The largest absolute Gasteiger partial charge is 0.497 e. The quantitative estimate of drug-likeness (QED) is 0.877. The number of hydrogen-bond acceptors (Lipinski definition) is 4. The van der Waals surface area contributed by atoms with Gasteiger partial charge in [-0.3, -0.25) is 4.79 Å². The Balaban J connectivity index is 2.35. The fourth-order valence-corrected chi connectivity index (χ4v) is 2.32. The molecular formula is C15H19NO4. The minimum absolute atomic E-state index is 0.298. The number of benzene rings is 1. The van der Waals surface area contributed by atoms with Gasteiger partial charge in [0.15, 0.2) is 11.5 Å². The predicted molar refractivity (Wildman–Crippen MR) is 74.9 cm³/mol. The van der Waals surface area contributed by atoms with Gasteiger partial charge >= 0.3 is 5.97 Å². The number of rotatable bonds is 6. The topological polar surface area (TPSA) is 72.6 Å². The number of methoxy groups -OCH3 is 1. The molecule has 0 spiro atoms. The number of oxazole rings is 1. The van der Waals surface area contributed by atoms with E-state index in [1.807, 2.05) is 19.9 Å². The van der Waals surface area contributed by atoms with Gasteiger partial charge in [0, 0.05) is 12.5 Å². The third kappa shape index (κ3) is 2.48. The second-order valence-electron chi connectivity index (χ2n) is 4.91. The lowest BCUT2D eigenvalue weighted by Crippen LogP contribution is -2.32. The summed E-state index contributed by atoms with van der Waals surface area (Å²) < 4.78 is 10.8. The number of aromatic nitrogens is 1. The van der Waals surface area contributed by atoms with Crippen molar-refractivity contribution < 1.29 is 19.1 Å². The molecule has 0 saturated carbocycles. The number of fused-ring (bicyclic) bond motifs is 1. The molecule has 0 unspecified atom stereocenters. The van der Waals surface area contributed by atoms with E-state index in [4.69, 9.17) is 9.15 Å². The molecular weight excluding hydrogens is 258 g/mol. The molecule has 0 aliphatic rings. The first-order chi connectivity index (χ1) is 9.54. The smallest absolute Gasteiger partial charge is 0.310 e. The van der Waals surface area contributed by atoms with Crippen molar-refractivity contribution in [2.75, 3.05) is 7.11 Å². The Morgan fingerprint density at radius 1 is 1.40 bits per heavy atom. The number of aliphatic carboxylic acids is 1. The highest BCUT2D eigenvalue weighted by molar-refractivity contribution is 5.76. The summed E-state index contributed by atoms with van der Waals surface area (Å²) in [6, 6.07) is 5.37. The maximum absolute atomic E-state index is 11.5. The van der Waals surface area contributed by atoms with Crippen LogP contribution in [-0.2, 0) is 11.2 Å². The predicted octanol–water partition coefficient (Wildman–Crippen LogP) is 3.27. The molecule has 108 valence electrons. The third-order valence-corrected chi connectivity index (χ3v) is 3.94. The maximum atomic E-state index is 11.5. The molecule has 0 bridgehead atoms. The first-order valence-corrected chi connectivity index (χ1v) is 6.71. The van der Waals surface area contributed by atoms with Crippen LogP contribution < -0.4 is 4.74 Å². The van der Waals surface area contributed by atoms with Crippen molar-refractivity contribution in [3.05, 3.63) is 24.1 Å². The van der Waals surface area contributed by atoms with E-state index in [2.05, 4.69) is 4.98 Å². The average molecular weight is 277 g/mol. The van der Waals surface area contributed by atoms with Gasteiger partial charge in [0.05, 0.1) is 12.5 Å². The lowest BCUT2D eigenvalue weighted by atomic mass is 9.79. The van der Waals surface area contributed by atoms with Gasteiger partial charge in [-0.15, -0.1) is 0 Å². The highest BCUT2D eigenvalue weighted by Crippen LogP contribution is 2.32. The van der Waals surface area contributed by atoms with E-state index in [0.717, 1.165) is 0 Å². The van der Waals surface area contributed by atoms with Crippen LogP contribution in [0.5, 0.6) is 5.75 Å². The molecule has 0 radical (unpaired) electrons. The Labute approximate surface area is 117 Å². The van der Waals surface area contributed by atoms with Gasteiger partial charge in [0.25, 0.3) is 0 Å². The molecule has 0 amide bonds. The second-order valence-corrected chi connectivity index (χ2v) is 4.91. The summed E-state index contributed by atoms with van der Waals surface area (Å²) in [7, 11) is 1.59. The molecule has 20 heavy (non-hydrogen) atoms. The summed E-state index contributed by atoms with van der Waals surface area (Å²) >= 11 is 0. The molecule has 1 aromatic heterocycles. The number of ether oxygens (including phenoxy) is 1. The van der Waals surface area contributed by atoms with Gasteiger partial charge in [0.2, 0.25) is 0 Å². The van der Waals surface area contributed by atoms with E-state index in [9.17, 15) is 9.90 Å². The van der Waals surface area contributed by atoms with Crippen LogP contribution in [0, 0.1) is 5.41 Å². The molecule has 0 saturated heterocycles. The maximum Gasteiger partial charge on any atom is 0.310 e. The summed E-state index contributed by atoms with van der Waals surface area (Å²) in [6.45, 7) is 3.76. The average Bonchev–Trinajstić information content (AvgIpc) is 2.85. The van der Waals surface area contributed by atoms with Gasteiger partial charge in [-0.25, -0.2) is 4.98 Å². The van der Waals surface area contributed by atoms with Crippen LogP contribution >= 0.6 is 0 Å². The zero-order valence-electron chi connectivity index (χ0n) is 12.0. The molecule has 1 aromatic carbocycles. The second kappa shape index (κ2) is 5.53. The number of carboxylic acid groups (broad SMARTS) is 1. The monoisotopic (exact) mass is 277 g/mol. The van der Waals surface area contributed by atoms with Crippen LogP contribution in [0.1, 0.15) is 32.6 Å². The molecule has 1 heterocycles. The van der Waals surface area contributed by atoms with Gasteiger partial charge in [-0.1, -0.05) is 13.8 Å². The van der Waals surface area contributed by atoms with Crippen molar-refractivity contribution >= 4 is 17.1 Å². The molecule has 5 heteroatoms. The standard InChI is InChI=1S/C15H19NO4/c1-4-15(5-2,14(17)18)9-13-16-11-7-6-10(19-3)8-12(11)20-13/h6-8H,4-5,9H2,1-3H3,(H,17,18). The van der Waals surface area contributed by atoms with E-state index in [-0.39, 0.29) is 0 Å². The zero-order chi connectivity index (χ0) is 14.8. The lowest BCUT2D eigenvalue weighted by Gasteiger charge is -2.24. The van der Waals surface area contributed by atoms with Crippen molar-refractivity contribution in [3.63, 3.8) is 0 Å². The molecule has 0 fully saturated rings. The summed E-state index contributed by atoms with van der Waals surface area (Å²) in [5.41, 5.74) is 0.517. The Morgan fingerprint density at radius 3 is 2.65 bits per heavy atom. The molecule has 0 atom stereocenters. The van der Waals surface area contributed by atoms with Crippen LogP contribution in [0.25, 0.3) is 11.1 Å². The highest BCUT2D eigenvalue weighted by atomic mass is 16.5. The Hall–Kier alpha value is -2.04. The summed E-state index contributed by atoms with van der Waals surface area (Å²) in [5.74, 6) is 0.345. The minimum atomic E-state index is -0.815.